The van der Waals surface area contributed by atoms with Crippen molar-refractivity contribution in [2.75, 3.05) is 19.6 Å². The normalized spacial score (nSPS) is 14.4. The number of nitrogens with zero attached hydrogens (tertiary/aromatic N) is 2. The van der Waals surface area contributed by atoms with Gasteiger partial charge in [0.1, 0.15) is 0 Å². The number of carbonyl (C=O) groups excluding carboxylic acids is 1. The Morgan fingerprint density at radius 2 is 1.95 bits per heavy atom. The van der Waals surface area contributed by atoms with Crippen LogP contribution in [0.3, 0.4) is 0 Å². The second kappa shape index (κ2) is 6.03. The van der Waals surface area contributed by atoms with E-state index < -0.39 is 10.0 Å². The molecule has 1 fully saturated rings. The number of nitriles is 1. The zero-order valence-electron chi connectivity index (χ0n) is 10.9. The summed E-state index contributed by atoms with van der Waals surface area (Å²) in [5, 5.41) is 8.39. The van der Waals surface area contributed by atoms with Gasteiger partial charge in [-0.05, 0) is 30.7 Å². The molecular weight excluding hydrogens is 278 g/mol. The van der Waals surface area contributed by atoms with Crippen LogP contribution in [0.2, 0.25) is 0 Å². The Labute approximate surface area is 118 Å². The van der Waals surface area contributed by atoms with Gasteiger partial charge < -0.3 is 4.90 Å². The van der Waals surface area contributed by atoms with E-state index in [9.17, 15) is 13.2 Å². The number of rotatable bonds is 5. The molecule has 0 saturated carbocycles. The van der Waals surface area contributed by atoms with E-state index in [1.165, 1.54) is 24.3 Å². The van der Waals surface area contributed by atoms with E-state index in [1.54, 1.807) is 4.90 Å². The summed E-state index contributed by atoms with van der Waals surface area (Å²) in [6.07, 6.45) is 1.13. The number of likely N-dealkylation sites (tertiary alicyclic amines) is 1. The first-order valence-electron chi connectivity index (χ1n) is 6.30. The van der Waals surface area contributed by atoms with E-state index in [2.05, 4.69) is 4.72 Å². The Bertz CT molecular complexity index is 628. The number of carbonyl (C=O) groups is 1. The fourth-order valence-corrected chi connectivity index (χ4v) is 2.84. The molecular formula is C13H15N3O3S. The lowest BCUT2D eigenvalue weighted by Crippen LogP contribution is -2.42. The average molecular weight is 293 g/mol. The zero-order valence-corrected chi connectivity index (χ0v) is 11.7. The van der Waals surface area contributed by atoms with Crippen LogP contribution in [0.5, 0.6) is 0 Å². The van der Waals surface area contributed by atoms with Crippen LogP contribution in [-0.4, -0.2) is 38.9 Å². The van der Waals surface area contributed by atoms with Crippen molar-refractivity contribution in [3.05, 3.63) is 29.8 Å². The van der Waals surface area contributed by atoms with Crippen LogP contribution in [0.25, 0.3) is 0 Å². The Morgan fingerprint density at radius 1 is 1.30 bits per heavy atom. The third kappa shape index (κ3) is 3.15. The molecule has 1 saturated heterocycles. The van der Waals surface area contributed by atoms with Gasteiger partial charge in [0.2, 0.25) is 10.0 Å². The van der Waals surface area contributed by atoms with Crippen LogP contribution in [0.1, 0.15) is 23.2 Å². The van der Waals surface area contributed by atoms with Gasteiger partial charge in [-0.2, -0.15) is 5.26 Å². The Hall–Kier alpha value is -1.91. The van der Waals surface area contributed by atoms with E-state index >= 15 is 0 Å². The van der Waals surface area contributed by atoms with Gasteiger partial charge in [-0.25, -0.2) is 13.1 Å². The fourth-order valence-electron chi connectivity index (χ4n) is 1.80. The van der Waals surface area contributed by atoms with Gasteiger partial charge >= 0.3 is 0 Å². The summed E-state index contributed by atoms with van der Waals surface area (Å²) in [4.78, 5) is 13.7. The van der Waals surface area contributed by atoms with Crippen molar-refractivity contribution < 1.29 is 13.2 Å². The smallest absolute Gasteiger partial charge is 0.253 e. The molecule has 1 amide bonds. The highest BCUT2D eigenvalue weighted by Crippen LogP contribution is 2.15. The summed E-state index contributed by atoms with van der Waals surface area (Å²) in [6, 6.07) is 7.70. The summed E-state index contributed by atoms with van der Waals surface area (Å²) in [6.45, 7) is 1.59. The van der Waals surface area contributed by atoms with E-state index in [1.807, 2.05) is 6.07 Å². The Balaban J connectivity index is 2.07. The zero-order chi connectivity index (χ0) is 14.6. The number of sulfonamides is 1. The molecule has 7 heteroatoms. The molecule has 106 valence electrons. The first kappa shape index (κ1) is 14.5. The van der Waals surface area contributed by atoms with Gasteiger partial charge in [0.05, 0.1) is 11.0 Å². The van der Waals surface area contributed by atoms with Crippen molar-refractivity contribution in [3.8, 4) is 6.07 Å². The third-order valence-electron chi connectivity index (χ3n) is 3.08. The Morgan fingerprint density at radius 3 is 2.45 bits per heavy atom. The largest absolute Gasteiger partial charge is 0.339 e. The monoisotopic (exact) mass is 293 g/mol. The Kier molecular flexibility index (Phi) is 4.37. The molecule has 1 aromatic carbocycles. The molecule has 1 heterocycles. The van der Waals surface area contributed by atoms with Crippen LogP contribution < -0.4 is 4.72 Å². The minimum Gasteiger partial charge on any atom is -0.339 e. The van der Waals surface area contributed by atoms with Crippen molar-refractivity contribution in [1.82, 2.24) is 9.62 Å². The minimum atomic E-state index is -3.61. The van der Waals surface area contributed by atoms with Crippen molar-refractivity contribution >= 4 is 15.9 Å². The summed E-state index contributed by atoms with van der Waals surface area (Å²) < 4.78 is 26.1. The maximum absolute atomic E-state index is 11.9. The highest BCUT2D eigenvalue weighted by atomic mass is 32.2. The maximum atomic E-state index is 11.9. The number of benzene rings is 1. The summed E-state index contributed by atoms with van der Waals surface area (Å²) >= 11 is 0. The van der Waals surface area contributed by atoms with Gasteiger partial charge in [-0.15, -0.1) is 0 Å². The molecule has 1 aliphatic heterocycles. The third-order valence-corrected chi connectivity index (χ3v) is 4.56. The molecule has 0 aromatic heterocycles. The van der Waals surface area contributed by atoms with Crippen LogP contribution in [0.4, 0.5) is 0 Å². The summed E-state index contributed by atoms with van der Waals surface area (Å²) in [5.74, 6) is -0.0716. The standard InChI is InChI=1S/C13H15N3O3S/c14-7-1-8-15-20(18,19)12-5-3-11(4-6-12)13(17)16-9-2-10-16/h3-6,15H,1-2,8-10H2. The highest BCUT2D eigenvalue weighted by molar-refractivity contribution is 7.89. The van der Waals surface area contributed by atoms with Crippen LogP contribution in [0, 0.1) is 11.3 Å². The van der Waals surface area contributed by atoms with E-state index in [0.717, 1.165) is 19.5 Å². The van der Waals surface area contributed by atoms with Crippen molar-refractivity contribution in [3.63, 3.8) is 0 Å². The first-order valence-corrected chi connectivity index (χ1v) is 7.79. The molecule has 0 atom stereocenters. The predicted octanol–water partition coefficient (Wildman–Crippen LogP) is 0.724. The summed E-state index contributed by atoms with van der Waals surface area (Å²) in [5.41, 5.74) is 0.487. The molecule has 1 N–H and O–H groups in total. The number of hydrogen-bond acceptors (Lipinski definition) is 4. The molecule has 1 aromatic rings. The average Bonchev–Trinajstić information content (AvgIpc) is 2.37. The highest BCUT2D eigenvalue weighted by Gasteiger charge is 2.22. The lowest BCUT2D eigenvalue weighted by Gasteiger charge is -2.30. The topological polar surface area (TPSA) is 90.3 Å². The summed E-state index contributed by atoms with van der Waals surface area (Å²) in [7, 11) is -3.61. The predicted molar refractivity (Wildman–Crippen MR) is 72.4 cm³/mol. The fraction of sp³-hybridized carbons (Fsp3) is 0.385. The van der Waals surface area contributed by atoms with Gasteiger partial charge in [0, 0.05) is 31.6 Å². The SMILES string of the molecule is N#CCCNS(=O)(=O)c1ccc(C(=O)N2CCC2)cc1. The first-order chi connectivity index (χ1) is 9.54. The lowest BCUT2D eigenvalue weighted by molar-refractivity contribution is 0.0651. The van der Waals surface area contributed by atoms with Crippen molar-refractivity contribution in [2.45, 2.75) is 17.7 Å². The molecule has 0 bridgehead atoms. The minimum absolute atomic E-state index is 0.0716. The van der Waals surface area contributed by atoms with Gasteiger partial charge in [-0.3, -0.25) is 4.79 Å². The molecule has 0 aliphatic carbocycles. The second-order valence-electron chi connectivity index (χ2n) is 4.48. The van der Waals surface area contributed by atoms with E-state index in [0.29, 0.717) is 5.56 Å². The van der Waals surface area contributed by atoms with Gasteiger partial charge in [-0.1, -0.05) is 0 Å². The lowest BCUT2D eigenvalue weighted by atomic mass is 10.1. The van der Waals surface area contributed by atoms with E-state index in [-0.39, 0.29) is 23.8 Å². The molecule has 6 nitrogen and oxygen atoms in total. The number of nitrogens with one attached hydrogen (secondary N) is 1. The maximum Gasteiger partial charge on any atom is 0.253 e. The quantitative estimate of drug-likeness (QED) is 0.810. The van der Waals surface area contributed by atoms with Crippen LogP contribution in [0.15, 0.2) is 29.2 Å². The molecule has 1 aliphatic rings. The van der Waals surface area contributed by atoms with Crippen LogP contribution in [-0.2, 0) is 10.0 Å². The van der Waals surface area contributed by atoms with Crippen LogP contribution >= 0.6 is 0 Å². The van der Waals surface area contributed by atoms with Gasteiger partial charge in [0.25, 0.3) is 5.91 Å². The second-order valence-corrected chi connectivity index (χ2v) is 6.24. The van der Waals surface area contributed by atoms with Gasteiger partial charge in [0.15, 0.2) is 0 Å². The molecule has 0 unspecified atom stereocenters. The molecule has 20 heavy (non-hydrogen) atoms. The molecule has 2 rings (SSSR count). The van der Waals surface area contributed by atoms with Crippen molar-refractivity contribution in [2.24, 2.45) is 0 Å². The van der Waals surface area contributed by atoms with Crippen molar-refractivity contribution in [1.29, 1.82) is 5.26 Å². The molecule has 0 spiro atoms. The molecule has 0 radical (unpaired) electrons. The number of hydrogen-bond donors (Lipinski definition) is 1. The number of amides is 1. The van der Waals surface area contributed by atoms with E-state index in [4.69, 9.17) is 5.26 Å².